The third-order valence-corrected chi connectivity index (χ3v) is 5.27. The second kappa shape index (κ2) is 7.02. The fraction of sp³-hybridized carbons (Fsp3) is 0.294. The highest BCUT2D eigenvalue weighted by Crippen LogP contribution is 2.30. The van der Waals surface area contributed by atoms with Crippen LogP contribution in [0.15, 0.2) is 54.6 Å². The van der Waals surface area contributed by atoms with Gasteiger partial charge < -0.3 is 4.74 Å². The fourth-order valence-corrected chi connectivity index (χ4v) is 3.88. The molecule has 1 aliphatic heterocycles. The van der Waals surface area contributed by atoms with Crippen LogP contribution in [0.25, 0.3) is 0 Å². The Morgan fingerprint density at radius 1 is 0.870 bits per heavy atom. The highest BCUT2D eigenvalue weighted by atomic mass is 32.2. The van der Waals surface area contributed by atoms with E-state index in [-0.39, 0.29) is 0 Å². The molecule has 0 saturated carbocycles. The molecule has 1 heterocycles. The number of nitrogens with one attached hydrogen (secondary N) is 1. The van der Waals surface area contributed by atoms with Crippen molar-refractivity contribution in [3.8, 4) is 11.5 Å². The Kier molecular flexibility index (Phi) is 4.83. The summed E-state index contributed by atoms with van der Waals surface area (Å²) in [6, 6.07) is 16.4. The lowest BCUT2D eigenvalue weighted by molar-refractivity contribution is 0.349. The molecule has 1 N–H and O–H groups in total. The second-order valence-electron chi connectivity index (χ2n) is 5.48. The first-order valence-corrected chi connectivity index (χ1v) is 9.19. The van der Waals surface area contributed by atoms with Crippen molar-refractivity contribution in [3.63, 3.8) is 0 Å². The first-order valence-electron chi connectivity index (χ1n) is 7.75. The van der Waals surface area contributed by atoms with Gasteiger partial charge in [-0.2, -0.15) is 12.7 Å². The predicted octanol–water partition coefficient (Wildman–Crippen LogP) is 3.62. The van der Waals surface area contributed by atoms with Crippen molar-refractivity contribution in [2.75, 3.05) is 17.8 Å². The number of anilines is 1. The maximum atomic E-state index is 12.5. The summed E-state index contributed by atoms with van der Waals surface area (Å²) in [6.07, 6.45) is 2.89. The third-order valence-electron chi connectivity index (χ3n) is 3.75. The van der Waals surface area contributed by atoms with Crippen LogP contribution in [-0.2, 0) is 10.2 Å². The summed E-state index contributed by atoms with van der Waals surface area (Å²) in [5.74, 6) is 1.15. The summed E-state index contributed by atoms with van der Waals surface area (Å²) in [7, 11) is -3.55. The van der Waals surface area contributed by atoms with Gasteiger partial charge in [0.1, 0.15) is 5.75 Å². The first kappa shape index (κ1) is 15.8. The lowest BCUT2D eigenvalue weighted by atomic mass is 10.2. The quantitative estimate of drug-likeness (QED) is 0.910. The molecule has 0 aliphatic carbocycles. The van der Waals surface area contributed by atoms with Crippen molar-refractivity contribution in [2.45, 2.75) is 19.3 Å². The average molecular weight is 332 g/mol. The molecule has 2 aromatic carbocycles. The Balaban J connectivity index is 1.80. The number of hydrogen-bond donors (Lipinski definition) is 1. The fourth-order valence-electron chi connectivity index (χ4n) is 2.56. The molecular weight excluding hydrogens is 312 g/mol. The van der Waals surface area contributed by atoms with E-state index >= 15 is 0 Å². The monoisotopic (exact) mass is 332 g/mol. The molecule has 1 aliphatic rings. The van der Waals surface area contributed by atoms with Crippen LogP contribution in [0.4, 0.5) is 5.69 Å². The summed E-state index contributed by atoms with van der Waals surface area (Å²) >= 11 is 0. The minimum atomic E-state index is -3.55. The Bertz CT molecular complexity index is 741. The van der Waals surface area contributed by atoms with Gasteiger partial charge in [0.05, 0.1) is 5.69 Å². The molecule has 1 fully saturated rings. The lowest BCUT2D eigenvalue weighted by Crippen LogP contribution is -2.39. The second-order valence-corrected chi connectivity index (χ2v) is 7.15. The average Bonchev–Trinajstić information content (AvgIpc) is 2.58. The summed E-state index contributed by atoms with van der Waals surface area (Å²) in [5, 5.41) is 0. The van der Waals surface area contributed by atoms with Crippen molar-refractivity contribution in [2.24, 2.45) is 0 Å². The highest BCUT2D eigenvalue weighted by molar-refractivity contribution is 7.90. The molecule has 122 valence electrons. The van der Waals surface area contributed by atoms with Crippen LogP contribution in [-0.4, -0.2) is 25.8 Å². The van der Waals surface area contributed by atoms with Crippen molar-refractivity contribution < 1.29 is 13.2 Å². The number of piperidine rings is 1. The Labute approximate surface area is 137 Å². The minimum Gasteiger partial charge on any atom is -0.455 e. The molecular formula is C17H20N2O3S. The van der Waals surface area contributed by atoms with Crippen LogP contribution in [0.2, 0.25) is 0 Å². The zero-order valence-electron chi connectivity index (χ0n) is 12.8. The maximum Gasteiger partial charge on any atom is 0.301 e. The Hall–Kier alpha value is -2.05. The predicted molar refractivity (Wildman–Crippen MR) is 90.9 cm³/mol. The molecule has 5 nitrogen and oxygen atoms in total. The molecule has 0 spiro atoms. The molecule has 0 radical (unpaired) electrons. The van der Waals surface area contributed by atoms with Crippen molar-refractivity contribution in [1.82, 2.24) is 4.31 Å². The topological polar surface area (TPSA) is 58.6 Å². The molecule has 0 unspecified atom stereocenters. The smallest absolute Gasteiger partial charge is 0.301 e. The van der Waals surface area contributed by atoms with Gasteiger partial charge >= 0.3 is 10.2 Å². The van der Waals surface area contributed by atoms with E-state index in [9.17, 15) is 8.42 Å². The van der Waals surface area contributed by atoms with Crippen molar-refractivity contribution in [1.29, 1.82) is 0 Å². The van der Waals surface area contributed by atoms with Crippen LogP contribution < -0.4 is 9.46 Å². The Morgan fingerprint density at radius 2 is 1.52 bits per heavy atom. The molecule has 2 aromatic rings. The number of para-hydroxylation sites is 3. The summed E-state index contributed by atoms with van der Waals surface area (Å²) in [5.41, 5.74) is 0.446. The maximum absolute atomic E-state index is 12.5. The molecule has 0 atom stereocenters. The molecule has 3 rings (SSSR count). The van der Waals surface area contributed by atoms with Gasteiger partial charge in [0.2, 0.25) is 0 Å². The van der Waals surface area contributed by atoms with E-state index in [1.54, 1.807) is 18.2 Å². The molecule has 23 heavy (non-hydrogen) atoms. The van der Waals surface area contributed by atoms with Crippen LogP contribution in [0.3, 0.4) is 0 Å². The molecule has 0 amide bonds. The van der Waals surface area contributed by atoms with Gasteiger partial charge in [0.15, 0.2) is 5.75 Å². The van der Waals surface area contributed by atoms with Crippen molar-refractivity contribution in [3.05, 3.63) is 54.6 Å². The van der Waals surface area contributed by atoms with E-state index in [1.807, 2.05) is 36.4 Å². The van der Waals surface area contributed by atoms with Gasteiger partial charge in [-0.05, 0) is 37.1 Å². The molecule has 0 aromatic heterocycles. The van der Waals surface area contributed by atoms with Crippen LogP contribution in [0, 0.1) is 0 Å². The van der Waals surface area contributed by atoms with E-state index in [0.717, 1.165) is 19.3 Å². The van der Waals surface area contributed by atoms with Crippen LogP contribution >= 0.6 is 0 Å². The van der Waals surface area contributed by atoms with E-state index in [4.69, 9.17) is 4.74 Å². The van der Waals surface area contributed by atoms with E-state index in [1.165, 1.54) is 4.31 Å². The molecule has 6 heteroatoms. The number of nitrogens with zero attached hydrogens (tertiary/aromatic N) is 1. The first-order chi connectivity index (χ1) is 11.1. The van der Waals surface area contributed by atoms with Crippen molar-refractivity contribution >= 4 is 15.9 Å². The number of benzene rings is 2. The van der Waals surface area contributed by atoms with Gasteiger partial charge in [-0.15, -0.1) is 0 Å². The summed E-state index contributed by atoms with van der Waals surface area (Å²) in [4.78, 5) is 0. The van der Waals surface area contributed by atoms with Gasteiger partial charge in [-0.1, -0.05) is 36.8 Å². The lowest BCUT2D eigenvalue weighted by Gasteiger charge is -2.26. The number of hydrogen-bond acceptors (Lipinski definition) is 3. The van der Waals surface area contributed by atoms with Gasteiger partial charge in [-0.3, -0.25) is 4.72 Å². The van der Waals surface area contributed by atoms with E-state index in [2.05, 4.69) is 4.72 Å². The SMILES string of the molecule is O=S(=O)(Nc1ccccc1Oc1ccccc1)N1CCCCC1. The summed E-state index contributed by atoms with van der Waals surface area (Å²) in [6.45, 7) is 1.13. The summed E-state index contributed by atoms with van der Waals surface area (Å²) < 4.78 is 35.0. The normalized spacial score (nSPS) is 16.0. The number of rotatable bonds is 5. The standard InChI is InChI=1S/C17H20N2O3S/c20-23(21,19-13-7-2-8-14-19)18-16-11-5-6-12-17(16)22-15-9-3-1-4-10-15/h1,3-6,9-12,18H,2,7-8,13-14H2. The minimum absolute atomic E-state index is 0.446. The van der Waals surface area contributed by atoms with E-state index < -0.39 is 10.2 Å². The van der Waals surface area contributed by atoms with Gasteiger partial charge in [0, 0.05) is 13.1 Å². The number of ether oxygens (including phenoxy) is 1. The third kappa shape index (κ3) is 4.03. The van der Waals surface area contributed by atoms with Crippen LogP contribution in [0.1, 0.15) is 19.3 Å². The zero-order valence-corrected chi connectivity index (χ0v) is 13.6. The molecule has 0 bridgehead atoms. The Morgan fingerprint density at radius 3 is 2.26 bits per heavy atom. The largest absolute Gasteiger partial charge is 0.455 e. The van der Waals surface area contributed by atoms with Crippen LogP contribution in [0.5, 0.6) is 11.5 Å². The van der Waals surface area contributed by atoms with E-state index in [0.29, 0.717) is 30.3 Å². The van der Waals surface area contributed by atoms with Gasteiger partial charge in [0.25, 0.3) is 0 Å². The zero-order chi connectivity index (χ0) is 16.1. The van der Waals surface area contributed by atoms with Gasteiger partial charge in [-0.25, -0.2) is 0 Å². The molecule has 1 saturated heterocycles. The highest BCUT2D eigenvalue weighted by Gasteiger charge is 2.24.